The fraction of sp³-hybridized carbons (Fsp3) is 0.316. The maximum Gasteiger partial charge on any atom is 0.239 e. The maximum atomic E-state index is 12.4. The molecule has 2 amide bonds. The Labute approximate surface area is 177 Å². The van der Waals surface area contributed by atoms with Gasteiger partial charge in [-0.15, -0.1) is 21.5 Å². The fourth-order valence-electron chi connectivity index (χ4n) is 2.47. The lowest BCUT2D eigenvalue weighted by Gasteiger charge is -2.10. The number of nitrogens with one attached hydrogen (secondary N) is 2. The summed E-state index contributed by atoms with van der Waals surface area (Å²) in [4.78, 5) is 28.7. The second-order valence-electron chi connectivity index (χ2n) is 6.57. The van der Waals surface area contributed by atoms with E-state index >= 15 is 0 Å². The molecular weight excluding hydrogens is 408 g/mol. The van der Waals surface area contributed by atoms with Crippen LogP contribution in [-0.4, -0.2) is 36.8 Å². The van der Waals surface area contributed by atoms with E-state index in [0.717, 1.165) is 11.3 Å². The molecular formula is C19H22N6O2S2. The van der Waals surface area contributed by atoms with Gasteiger partial charge in [0.1, 0.15) is 5.82 Å². The summed E-state index contributed by atoms with van der Waals surface area (Å²) < 4.78 is 1.73. The molecule has 8 nitrogen and oxygen atoms in total. The van der Waals surface area contributed by atoms with E-state index in [1.807, 2.05) is 32.0 Å². The molecule has 0 bridgehead atoms. The van der Waals surface area contributed by atoms with Crippen molar-refractivity contribution >= 4 is 45.7 Å². The predicted octanol–water partition coefficient (Wildman–Crippen LogP) is 3.19. The summed E-state index contributed by atoms with van der Waals surface area (Å²) in [6, 6.07) is 5.79. The van der Waals surface area contributed by atoms with Gasteiger partial charge in [-0.25, -0.2) is 4.98 Å². The lowest BCUT2D eigenvalue weighted by molar-refractivity contribution is -0.116. The molecule has 0 fully saturated rings. The van der Waals surface area contributed by atoms with Gasteiger partial charge >= 0.3 is 0 Å². The van der Waals surface area contributed by atoms with Gasteiger partial charge in [-0.1, -0.05) is 17.8 Å². The summed E-state index contributed by atoms with van der Waals surface area (Å²) in [6.07, 6.45) is 1.73. The van der Waals surface area contributed by atoms with E-state index in [2.05, 4.69) is 25.8 Å². The zero-order chi connectivity index (χ0) is 21.0. The molecule has 2 heterocycles. The number of aryl methyl sites for hydroxylation is 2. The summed E-state index contributed by atoms with van der Waals surface area (Å²) in [5.41, 5.74) is 3.04. The Bertz CT molecular complexity index is 1020. The highest BCUT2D eigenvalue weighted by molar-refractivity contribution is 8.00. The highest BCUT2D eigenvalue weighted by Gasteiger charge is 2.20. The zero-order valence-electron chi connectivity index (χ0n) is 16.6. The van der Waals surface area contributed by atoms with E-state index in [0.29, 0.717) is 16.1 Å². The minimum absolute atomic E-state index is 0.0939. The average molecular weight is 431 g/mol. The van der Waals surface area contributed by atoms with Crippen LogP contribution in [0.3, 0.4) is 0 Å². The standard InChI is InChI=1S/C19H22N6O2S2/c1-11-5-6-14(9-12(11)2)21-16(26)10-15-23-24-19(25(15)4)29-13(3)17(27)22-18-20-7-8-28-18/h5-9,13H,10H2,1-4H3,(H,21,26)(H,20,22,27). The number of thiazole rings is 1. The smallest absolute Gasteiger partial charge is 0.239 e. The van der Waals surface area contributed by atoms with Crippen molar-refractivity contribution in [2.45, 2.75) is 37.6 Å². The summed E-state index contributed by atoms with van der Waals surface area (Å²) >= 11 is 2.64. The van der Waals surface area contributed by atoms with Crippen LogP contribution in [0.25, 0.3) is 0 Å². The van der Waals surface area contributed by atoms with Crippen LogP contribution < -0.4 is 10.6 Å². The Kier molecular flexibility index (Phi) is 6.65. The largest absolute Gasteiger partial charge is 0.326 e. The molecule has 152 valence electrons. The van der Waals surface area contributed by atoms with Crippen molar-refractivity contribution in [3.63, 3.8) is 0 Å². The van der Waals surface area contributed by atoms with E-state index in [-0.39, 0.29) is 23.5 Å². The van der Waals surface area contributed by atoms with Gasteiger partial charge in [0.05, 0.1) is 11.7 Å². The zero-order valence-corrected chi connectivity index (χ0v) is 18.2. The highest BCUT2D eigenvalue weighted by Crippen LogP contribution is 2.23. The number of rotatable bonds is 7. The number of amides is 2. The van der Waals surface area contributed by atoms with E-state index in [1.165, 1.54) is 28.7 Å². The monoisotopic (exact) mass is 430 g/mol. The van der Waals surface area contributed by atoms with Crippen LogP contribution in [0.5, 0.6) is 0 Å². The number of carbonyl (C=O) groups is 2. The summed E-state index contributed by atoms with van der Waals surface area (Å²) in [5.74, 6) is 0.193. The molecule has 0 spiro atoms. The molecule has 0 saturated heterocycles. The van der Waals surface area contributed by atoms with Crippen molar-refractivity contribution in [1.82, 2.24) is 19.7 Å². The van der Waals surface area contributed by atoms with Crippen molar-refractivity contribution < 1.29 is 9.59 Å². The highest BCUT2D eigenvalue weighted by atomic mass is 32.2. The lowest BCUT2D eigenvalue weighted by Crippen LogP contribution is -2.22. The minimum Gasteiger partial charge on any atom is -0.326 e. The Hall–Kier alpha value is -2.72. The Balaban J connectivity index is 1.58. The third kappa shape index (κ3) is 5.42. The summed E-state index contributed by atoms with van der Waals surface area (Å²) in [7, 11) is 1.78. The van der Waals surface area contributed by atoms with Crippen LogP contribution in [0, 0.1) is 13.8 Å². The van der Waals surface area contributed by atoms with Crippen molar-refractivity contribution in [1.29, 1.82) is 0 Å². The fourth-order valence-corrected chi connectivity index (χ4v) is 3.84. The Morgan fingerprint density at radius 2 is 2.00 bits per heavy atom. The topological polar surface area (TPSA) is 102 Å². The summed E-state index contributed by atoms with van der Waals surface area (Å²) in [5, 5.41) is 16.4. The molecule has 29 heavy (non-hydrogen) atoms. The van der Waals surface area contributed by atoms with E-state index in [4.69, 9.17) is 0 Å². The number of carbonyl (C=O) groups excluding carboxylic acids is 2. The van der Waals surface area contributed by atoms with Crippen molar-refractivity contribution in [2.24, 2.45) is 7.05 Å². The van der Waals surface area contributed by atoms with Crippen LogP contribution in [0.2, 0.25) is 0 Å². The number of thioether (sulfide) groups is 1. The van der Waals surface area contributed by atoms with Gasteiger partial charge in [0, 0.05) is 24.3 Å². The quantitative estimate of drug-likeness (QED) is 0.558. The van der Waals surface area contributed by atoms with Crippen LogP contribution >= 0.6 is 23.1 Å². The molecule has 0 aliphatic rings. The molecule has 0 aliphatic carbocycles. The first-order valence-corrected chi connectivity index (χ1v) is 10.7. The number of benzene rings is 1. The molecule has 3 rings (SSSR count). The Morgan fingerprint density at radius 3 is 2.69 bits per heavy atom. The third-order valence-electron chi connectivity index (χ3n) is 4.35. The van der Waals surface area contributed by atoms with Gasteiger partial charge in [-0.05, 0) is 44.0 Å². The average Bonchev–Trinajstić information content (AvgIpc) is 3.30. The Morgan fingerprint density at radius 1 is 1.21 bits per heavy atom. The van der Waals surface area contributed by atoms with Gasteiger partial charge < -0.3 is 15.2 Å². The van der Waals surface area contributed by atoms with Crippen LogP contribution in [0.1, 0.15) is 23.9 Å². The van der Waals surface area contributed by atoms with Crippen LogP contribution in [-0.2, 0) is 23.1 Å². The number of hydrogen-bond donors (Lipinski definition) is 2. The van der Waals surface area contributed by atoms with E-state index in [9.17, 15) is 9.59 Å². The van der Waals surface area contributed by atoms with Gasteiger partial charge in [0.2, 0.25) is 11.8 Å². The van der Waals surface area contributed by atoms with E-state index < -0.39 is 0 Å². The molecule has 3 aromatic rings. The molecule has 1 unspecified atom stereocenters. The second kappa shape index (κ2) is 9.19. The number of hydrogen-bond acceptors (Lipinski definition) is 7. The van der Waals surface area contributed by atoms with Crippen LogP contribution in [0.15, 0.2) is 34.9 Å². The molecule has 0 saturated carbocycles. The first kappa shape index (κ1) is 21.0. The molecule has 0 radical (unpaired) electrons. The first-order chi connectivity index (χ1) is 13.8. The predicted molar refractivity (Wildman–Crippen MR) is 115 cm³/mol. The molecule has 0 aliphatic heterocycles. The number of nitrogens with zero attached hydrogens (tertiary/aromatic N) is 4. The van der Waals surface area contributed by atoms with Gasteiger partial charge in [-0.3, -0.25) is 9.59 Å². The summed E-state index contributed by atoms with van der Waals surface area (Å²) in [6.45, 7) is 5.81. The molecule has 1 atom stereocenters. The normalized spacial score (nSPS) is 11.9. The first-order valence-electron chi connectivity index (χ1n) is 8.96. The van der Waals surface area contributed by atoms with E-state index in [1.54, 1.807) is 30.1 Å². The molecule has 1 aromatic carbocycles. The number of anilines is 2. The van der Waals surface area contributed by atoms with Gasteiger partial charge in [0.15, 0.2) is 10.3 Å². The van der Waals surface area contributed by atoms with Crippen molar-refractivity contribution in [2.75, 3.05) is 10.6 Å². The molecule has 2 N–H and O–H groups in total. The van der Waals surface area contributed by atoms with Crippen molar-refractivity contribution in [3.8, 4) is 0 Å². The number of aromatic nitrogens is 4. The molecule has 10 heteroatoms. The van der Waals surface area contributed by atoms with Crippen LogP contribution in [0.4, 0.5) is 10.8 Å². The van der Waals surface area contributed by atoms with Crippen molar-refractivity contribution in [3.05, 3.63) is 46.7 Å². The minimum atomic E-state index is -0.390. The van der Waals surface area contributed by atoms with Gasteiger partial charge in [0.25, 0.3) is 0 Å². The maximum absolute atomic E-state index is 12.4. The van der Waals surface area contributed by atoms with Gasteiger partial charge in [-0.2, -0.15) is 0 Å². The second-order valence-corrected chi connectivity index (χ2v) is 8.77. The SMILES string of the molecule is Cc1ccc(NC(=O)Cc2nnc(SC(C)C(=O)Nc3nccs3)n2C)cc1C. The lowest BCUT2D eigenvalue weighted by atomic mass is 10.1. The molecule has 2 aromatic heterocycles. The third-order valence-corrected chi connectivity index (χ3v) is 6.17.